The minimum atomic E-state index is -0.0590. The van der Waals surface area contributed by atoms with Crippen molar-refractivity contribution < 1.29 is 4.79 Å². The van der Waals surface area contributed by atoms with Crippen LogP contribution < -0.4 is 0 Å². The van der Waals surface area contributed by atoms with Gasteiger partial charge < -0.3 is 4.90 Å². The lowest BCUT2D eigenvalue weighted by Crippen LogP contribution is -2.40. The summed E-state index contributed by atoms with van der Waals surface area (Å²) in [6.45, 7) is 1.55. The summed E-state index contributed by atoms with van der Waals surface area (Å²) in [6, 6.07) is 5.15. The minimum Gasteiger partial charge on any atom is -0.338 e. The van der Waals surface area contributed by atoms with Crippen LogP contribution >= 0.6 is 39.1 Å². The van der Waals surface area contributed by atoms with Crippen molar-refractivity contribution >= 4 is 45.0 Å². The number of hydrogen-bond donors (Lipinski definition) is 0. The minimum absolute atomic E-state index is 0.0590. The van der Waals surface area contributed by atoms with Gasteiger partial charge in [0.25, 0.3) is 5.91 Å². The number of carbonyl (C=O) groups excluding carboxylic acids is 1. The first kappa shape index (κ1) is 14.2. The van der Waals surface area contributed by atoms with Crippen LogP contribution in [0.3, 0.4) is 0 Å². The number of nitrogens with zero attached hydrogens (tertiary/aromatic N) is 1. The smallest absolute Gasteiger partial charge is 0.256 e. The molecule has 2 nitrogen and oxygen atoms in total. The van der Waals surface area contributed by atoms with Crippen LogP contribution in [-0.2, 0) is 0 Å². The quantitative estimate of drug-likeness (QED) is 0.730. The van der Waals surface area contributed by atoms with E-state index in [1.807, 2.05) is 4.90 Å². The number of rotatable bonds is 2. The lowest BCUT2D eigenvalue weighted by Gasteiger charge is -2.32. The Labute approximate surface area is 125 Å². The van der Waals surface area contributed by atoms with Crippen LogP contribution in [0.4, 0.5) is 0 Å². The Balaban J connectivity index is 2.20. The molecule has 1 aliphatic heterocycles. The Hall–Kier alpha value is -0.250. The van der Waals surface area contributed by atoms with Crippen LogP contribution in [0.1, 0.15) is 23.2 Å². The number of likely N-dealkylation sites (tertiary alicyclic amines) is 1. The number of amides is 1. The molecule has 0 aromatic heterocycles. The average Bonchev–Trinajstić information content (AvgIpc) is 2.38. The van der Waals surface area contributed by atoms with E-state index in [4.69, 9.17) is 23.2 Å². The molecule has 18 heavy (non-hydrogen) atoms. The third-order valence-electron chi connectivity index (χ3n) is 3.20. The highest BCUT2D eigenvalue weighted by molar-refractivity contribution is 9.09. The molecule has 1 heterocycles. The molecule has 1 unspecified atom stereocenters. The Bertz CT molecular complexity index is 432. The molecule has 1 aromatic rings. The molecule has 0 aliphatic carbocycles. The summed E-state index contributed by atoms with van der Waals surface area (Å²) in [7, 11) is 0. The van der Waals surface area contributed by atoms with E-state index in [2.05, 4.69) is 15.9 Å². The van der Waals surface area contributed by atoms with Crippen LogP contribution in [0.15, 0.2) is 18.2 Å². The molecule has 1 saturated heterocycles. The first-order chi connectivity index (χ1) is 8.63. The monoisotopic (exact) mass is 349 g/mol. The summed E-state index contributed by atoms with van der Waals surface area (Å²) in [5.74, 6) is 0.459. The molecule has 1 aliphatic rings. The normalized spacial score (nSPS) is 19.9. The number of alkyl halides is 1. The molecule has 0 N–H and O–H groups in total. The molecular weight excluding hydrogens is 337 g/mol. The van der Waals surface area contributed by atoms with Crippen molar-refractivity contribution in [3.05, 3.63) is 33.8 Å². The Morgan fingerprint density at radius 1 is 1.39 bits per heavy atom. The van der Waals surface area contributed by atoms with E-state index in [-0.39, 0.29) is 5.91 Å². The summed E-state index contributed by atoms with van der Waals surface area (Å²) in [5.41, 5.74) is 0.427. The zero-order valence-electron chi connectivity index (χ0n) is 9.83. The number of piperidine rings is 1. The maximum atomic E-state index is 12.4. The fourth-order valence-electron chi connectivity index (χ4n) is 2.24. The Kier molecular flexibility index (Phi) is 4.93. The van der Waals surface area contributed by atoms with Gasteiger partial charge in [0.05, 0.1) is 15.6 Å². The van der Waals surface area contributed by atoms with Gasteiger partial charge in [0.2, 0.25) is 0 Å². The molecule has 1 atom stereocenters. The summed E-state index contributed by atoms with van der Waals surface area (Å²) < 4.78 is 0. The molecule has 0 bridgehead atoms. The summed E-state index contributed by atoms with van der Waals surface area (Å²) in [6.07, 6.45) is 2.19. The van der Waals surface area contributed by atoms with Gasteiger partial charge >= 0.3 is 0 Å². The van der Waals surface area contributed by atoms with Crippen LogP contribution in [0.2, 0.25) is 10.0 Å². The zero-order valence-corrected chi connectivity index (χ0v) is 12.9. The van der Waals surface area contributed by atoms with Gasteiger partial charge in [-0.2, -0.15) is 0 Å². The Morgan fingerprint density at radius 2 is 2.06 bits per heavy atom. The van der Waals surface area contributed by atoms with Crippen LogP contribution in [0.25, 0.3) is 0 Å². The van der Waals surface area contributed by atoms with Gasteiger partial charge in [0.15, 0.2) is 0 Å². The van der Waals surface area contributed by atoms with E-state index in [1.54, 1.807) is 18.2 Å². The number of halogens is 3. The van der Waals surface area contributed by atoms with Gasteiger partial charge in [-0.15, -0.1) is 0 Å². The van der Waals surface area contributed by atoms with Crippen molar-refractivity contribution in [3.8, 4) is 0 Å². The van der Waals surface area contributed by atoms with Gasteiger partial charge in [-0.25, -0.2) is 0 Å². The fraction of sp³-hybridized carbons (Fsp3) is 0.462. The van der Waals surface area contributed by atoms with Gasteiger partial charge in [-0.3, -0.25) is 4.79 Å². The molecule has 98 valence electrons. The largest absolute Gasteiger partial charge is 0.338 e. The molecule has 0 saturated carbocycles. The summed E-state index contributed by atoms with van der Waals surface area (Å²) in [4.78, 5) is 14.3. The third kappa shape index (κ3) is 3.01. The molecule has 5 heteroatoms. The van der Waals surface area contributed by atoms with E-state index in [9.17, 15) is 4.79 Å². The van der Waals surface area contributed by atoms with Crippen molar-refractivity contribution in [1.82, 2.24) is 4.90 Å². The second-order valence-electron chi connectivity index (χ2n) is 4.51. The zero-order chi connectivity index (χ0) is 13.1. The van der Waals surface area contributed by atoms with Gasteiger partial charge in [-0.05, 0) is 30.9 Å². The van der Waals surface area contributed by atoms with Crippen molar-refractivity contribution in [1.29, 1.82) is 0 Å². The number of hydrogen-bond acceptors (Lipinski definition) is 1. The maximum Gasteiger partial charge on any atom is 0.256 e. The molecule has 1 amide bonds. The maximum absolute atomic E-state index is 12.4. The second kappa shape index (κ2) is 6.27. The average molecular weight is 351 g/mol. The standard InChI is InChI=1S/C13H14BrCl2NO/c14-7-9-3-2-6-17(8-9)13(18)12-10(15)4-1-5-11(12)16/h1,4-5,9H,2-3,6-8H2. The highest BCUT2D eigenvalue weighted by atomic mass is 79.9. The van der Waals surface area contributed by atoms with Gasteiger partial charge in [0, 0.05) is 18.4 Å². The summed E-state index contributed by atoms with van der Waals surface area (Å²) >= 11 is 15.6. The van der Waals surface area contributed by atoms with E-state index in [0.29, 0.717) is 21.5 Å². The molecule has 1 fully saturated rings. The number of benzene rings is 1. The predicted molar refractivity (Wildman–Crippen MR) is 78.9 cm³/mol. The summed E-state index contributed by atoms with van der Waals surface area (Å²) in [5, 5.41) is 1.77. The van der Waals surface area contributed by atoms with Crippen molar-refractivity contribution in [2.75, 3.05) is 18.4 Å². The van der Waals surface area contributed by atoms with Crippen molar-refractivity contribution in [3.63, 3.8) is 0 Å². The van der Waals surface area contributed by atoms with E-state index in [1.165, 1.54) is 0 Å². The second-order valence-corrected chi connectivity index (χ2v) is 5.97. The lowest BCUT2D eigenvalue weighted by molar-refractivity contribution is 0.0686. The first-order valence-electron chi connectivity index (χ1n) is 5.92. The van der Waals surface area contributed by atoms with Crippen molar-refractivity contribution in [2.45, 2.75) is 12.8 Å². The van der Waals surface area contributed by atoms with E-state index in [0.717, 1.165) is 31.3 Å². The molecular formula is C13H14BrCl2NO. The highest BCUT2D eigenvalue weighted by Gasteiger charge is 2.26. The predicted octanol–water partition coefficient (Wildman–Crippen LogP) is 4.24. The van der Waals surface area contributed by atoms with Crippen LogP contribution in [0.5, 0.6) is 0 Å². The highest BCUT2D eigenvalue weighted by Crippen LogP contribution is 2.28. The van der Waals surface area contributed by atoms with Crippen molar-refractivity contribution in [2.24, 2.45) is 5.92 Å². The molecule has 0 spiro atoms. The fourth-order valence-corrected chi connectivity index (χ4v) is 3.32. The topological polar surface area (TPSA) is 20.3 Å². The first-order valence-corrected chi connectivity index (χ1v) is 7.80. The third-order valence-corrected chi connectivity index (χ3v) is 4.75. The van der Waals surface area contributed by atoms with Crippen LogP contribution in [-0.4, -0.2) is 29.2 Å². The molecule has 0 radical (unpaired) electrons. The molecule has 1 aromatic carbocycles. The van der Waals surface area contributed by atoms with E-state index < -0.39 is 0 Å². The van der Waals surface area contributed by atoms with Crippen LogP contribution in [0, 0.1) is 5.92 Å². The number of carbonyl (C=O) groups is 1. The molecule has 2 rings (SSSR count). The SMILES string of the molecule is O=C(c1c(Cl)cccc1Cl)N1CCCC(CBr)C1. The Morgan fingerprint density at radius 3 is 2.67 bits per heavy atom. The lowest BCUT2D eigenvalue weighted by atomic mass is 9.99. The van der Waals surface area contributed by atoms with Gasteiger partial charge in [0.1, 0.15) is 0 Å². The van der Waals surface area contributed by atoms with Gasteiger partial charge in [-0.1, -0.05) is 45.2 Å². The van der Waals surface area contributed by atoms with E-state index >= 15 is 0 Å².